The number of nitrogens with one attached hydrogen (secondary N) is 2. The lowest BCUT2D eigenvalue weighted by molar-refractivity contribution is 0.0926. The van der Waals surface area contributed by atoms with Crippen LogP contribution in [0.15, 0.2) is 80.3 Å². The van der Waals surface area contributed by atoms with Gasteiger partial charge in [-0.15, -0.1) is 0 Å². The van der Waals surface area contributed by atoms with Crippen LogP contribution >= 0.6 is 0 Å². The van der Waals surface area contributed by atoms with Gasteiger partial charge in [-0.05, 0) is 47.3 Å². The van der Waals surface area contributed by atoms with E-state index in [4.69, 9.17) is 9.15 Å². The fraction of sp³-hybridized carbons (Fsp3) is 0.161. The Labute approximate surface area is 252 Å². The molecule has 0 atom stereocenters. The molecule has 4 aromatic rings. The fourth-order valence-electron chi connectivity index (χ4n) is 3.97. The minimum Gasteiger partial charge on any atom is -0.496 e. The number of pyridine rings is 1. The van der Waals surface area contributed by atoms with Crippen molar-refractivity contribution in [3.8, 4) is 17.6 Å². The van der Waals surface area contributed by atoms with Crippen molar-refractivity contribution in [3.63, 3.8) is 0 Å². The van der Waals surface area contributed by atoms with Crippen LogP contribution in [0.3, 0.4) is 0 Å². The second kappa shape index (κ2) is 15.1. The number of methoxy groups -OCH3 is 1. The van der Waals surface area contributed by atoms with Gasteiger partial charge in [0, 0.05) is 30.4 Å². The third-order valence-electron chi connectivity index (χ3n) is 6.11. The van der Waals surface area contributed by atoms with Crippen LogP contribution < -0.4 is 26.5 Å². The molecule has 0 radical (unpaired) electrons. The summed E-state index contributed by atoms with van der Waals surface area (Å²) in [5.74, 6) is 4.80. The highest BCUT2D eigenvalue weighted by molar-refractivity contribution is 6.58. The van der Waals surface area contributed by atoms with E-state index in [1.807, 2.05) is 0 Å². The summed E-state index contributed by atoms with van der Waals surface area (Å²) in [6, 6.07) is 11.9. The zero-order valence-electron chi connectivity index (χ0n) is 23.9. The molecule has 0 unspecified atom stereocenters. The molecule has 4 rings (SSSR count). The average molecular weight is 593 g/mol. The van der Waals surface area contributed by atoms with Crippen molar-refractivity contribution in [1.29, 1.82) is 0 Å². The molecule has 44 heavy (non-hydrogen) atoms. The molecule has 13 heteroatoms. The van der Waals surface area contributed by atoms with Gasteiger partial charge in [0.1, 0.15) is 16.7 Å². The van der Waals surface area contributed by atoms with Gasteiger partial charge >= 0.3 is 13.0 Å². The van der Waals surface area contributed by atoms with E-state index in [0.717, 1.165) is 25.3 Å². The zero-order valence-corrected chi connectivity index (χ0v) is 23.9. The Balaban J connectivity index is 1.44. The van der Waals surface area contributed by atoms with Crippen LogP contribution in [0.2, 0.25) is 0 Å². The van der Waals surface area contributed by atoms with Crippen LogP contribution in [-0.2, 0) is 0 Å². The monoisotopic (exact) mass is 593 g/mol. The van der Waals surface area contributed by atoms with Gasteiger partial charge in [-0.25, -0.2) is 10.9 Å². The molecular formula is C31H28BN5O7. The summed E-state index contributed by atoms with van der Waals surface area (Å²) in [4.78, 5) is 41.8. The largest absolute Gasteiger partial charge is 0.496 e. The second-order valence-corrected chi connectivity index (χ2v) is 9.38. The summed E-state index contributed by atoms with van der Waals surface area (Å²) in [6.45, 7) is 2.08. The Kier molecular flexibility index (Phi) is 10.7. The molecule has 0 bridgehead atoms. The van der Waals surface area contributed by atoms with Gasteiger partial charge in [0.05, 0.1) is 25.1 Å². The smallest absolute Gasteiger partial charge is 0.488 e. The van der Waals surface area contributed by atoms with E-state index >= 15 is 0 Å². The number of unbranched alkanes of at least 4 members (excludes halogenated alkanes) is 2. The highest BCUT2D eigenvalue weighted by Crippen LogP contribution is 2.22. The van der Waals surface area contributed by atoms with Crippen molar-refractivity contribution in [2.45, 2.75) is 26.2 Å². The predicted octanol–water partition coefficient (Wildman–Crippen LogP) is 1.95. The Bertz CT molecular complexity index is 1860. The van der Waals surface area contributed by atoms with E-state index in [9.17, 15) is 24.4 Å². The summed E-state index contributed by atoms with van der Waals surface area (Å²) in [7, 11) is -0.388. The van der Waals surface area contributed by atoms with Gasteiger partial charge in [0.25, 0.3) is 5.91 Å². The molecule has 0 spiro atoms. The lowest BCUT2D eigenvalue weighted by Gasteiger charge is -2.06. The van der Waals surface area contributed by atoms with Crippen molar-refractivity contribution < 1.29 is 28.8 Å². The minimum absolute atomic E-state index is 0.112. The van der Waals surface area contributed by atoms with E-state index in [-0.39, 0.29) is 27.8 Å². The van der Waals surface area contributed by atoms with Crippen LogP contribution in [0.5, 0.6) is 5.75 Å². The molecule has 222 valence electrons. The van der Waals surface area contributed by atoms with Gasteiger partial charge in [0.2, 0.25) is 0 Å². The Morgan fingerprint density at radius 3 is 2.45 bits per heavy atom. The van der Waals surface area contributed by atoms with Gasteiger partial charge in [-0.1, -0.05) is 43.4 Å². The number of carbonyl (C=O) groups is 2. The molecule has 0 aliphatic heterocycles. The molecule has 0 saturated carbocycles. The molecule has 12 nitrogen and oxygen atoms in total. The van der Waals surface area contributed by atoms with E-state index in [1.54, 1.807) is 30.5 Å². The highest BCUT2D eigenvalue weighted by atomic mass is 16.5. The Morgan fingerprint density at radius 2 is 1.77 bits per heavy atom. The molecule has 0 aliphatic rings. The van der Waals surface area contributed by atoms with E-state index in [2.05, 4.69) is 44.8 Å². The Morgan fingerprint density at radius 1 is 1.05 bits per heavy atom. The molecule has 0 aliphatic carbocycles. The highest BCUT2D eigenvalue weighted by Gasteiger charge is 2.15. The number of carbonyl (C=O) groups excluding carboxylic acids is 2. The van der Waals surface area contributed by atoms with E-state index in [0.29, 0.717) is 22.4 Å². The van der Waals surface area contributed by atoms with Gasteiger partial charge in [-0.2, -0.15) is 10.2 Å². The fourth-order valence-corrected chi connectivity index (χ4v) is 3.97. The Hall–Kier alpha value is -5.58. The number of benzene rings is 2. The van der Waals surface area contributed by atoms with E-state index < -0.39 is 24.4 Å². The number of amides is 2. The molecule has 2 amide bonds. The van der Waals surface area contributed by atoms with Crippen LogP contribution in [0, 0.1) is 11.8 Å². The SMILES string of the molecule is CCCCC#Cc1cncc(C(=O)N/N=C/c2cc(/C=N/NC(=O)c3cc(=O)c4c(OC)cccc4o3)cc(B(O)O)c2)c1. The molecule has 2 aromatic carbocycles. The molecule has 4 N–H and O–H groups in total. The predicted molar refractivity (Wildman–Crippen MR) is 166 cm³/mol. The van der Waals surface area contributed by atoms with Crippen molar-refractivity contribution in [2.24, 2.45) is 10.2 Å². The van der Waals surface area contributed by atoms with E-state index in [1.165, 1.54) is 43.9 Å². The van der Waals surface area contributed by atoms with Crippen molar-refractivity contribution in [1.82, 2.24) is 15.8 Å². The summed E-state index contributed by atoms with van der Waals surface area (Å²) < 4.78 is 10.7. The van der Waals surface area contributed by atoms with Crippen LogP contribution in [0.25, 0.3) is 11.0 Å². The molecule has 2 aromatic heterocycles. The quantitative estimate of drug-likeness (QED) is 0.0709. The lowest BCUT2D eigenvalue weighted by atomic mass is 9.79. The topological polar surface area (TPSA) is 176 Å². The number of ether oxygens (including phenoxy) is 1. The van der Waals surface area contributed by atoms with Crippen LogP contribution in [-0.4, -0.2) is 53.5 Å². The lowest BCUT2D eigenvalue weighted by Crippen LogP contribution is -2.30. The first-order valence-corrected chi connectivity index (χ1v) is 13.5. The van der Waals surface area contributed by atoms with Crippen LogP contribution in [0.1, 0.15) is 63.8 Å². The average Bonchev–Trinajstić information content (AvgIpc) is 3.02. The second-order valence-electron chi connectivity index (χ2n) is 9.38. The molecule has 2 heterocycles. The zero-order chi connectivity index (χ0) is 31.5. The maximum Gasteiger partial charge on any atom is 0.488 e. The standard InChI is InChI=1S/C31H28BN5O7/c1-3-4-5-6-8-20-12-23(19-33-16-20)30(39)36-34-17-21-11-22(14-24(13-21)32(41)42)18-35-37-31(40)28-15-25(38)29-26(43-2)9-7-10-27(29)44-28/h7,9-19,41-42H,3-5H2,1-2H3,(H,36,39)(H,37,40)/b34-17+,35-18+. The minimum atomic E-state index is -1.81. The van der Waals surface area contributed by atoms with Crippen molar-refractivity contribution >= 4 is 47.8 Å². The first-order chi connectivity index (χ1) is 21.3. The van der Waals surface area contributed by atoms with Crippen LogP contribution in [0.4, 0.5) is 0 Å². The summed E-state index contributed by atoms with van der Waals surface area (Å²) in [6.07, 6.45) is 8.32. The first-order valence-electron chi connectivity index (χ1n) is 13.5. The number of hydrogen-bond acceptors (Lipinski definition) is 10. The molecular weight excluding hydrogens is 565 g/mol. The molecule has 0 fully saturated rings. The molecule has 0 saturated heterocycles. The number of aromatic nitrogens is 1. The maximum atomic E-state index is 12.6. The summed E-state index contributed by atoms with van der Waals surface area (Å²) in [5.41, 5.74) is 6.15. The third-order valence-corrected chi connectivity index (χ3v) is 6.11. The summed E-state index contributed by atoms with van der Waals surface area (Å²) in [5, 5.41) is 27.5. The summed E-state index contributed by atoms with van der Waals surface area (Å²) >= 11 is 0. The number of fused-ring (bicyclic) bond motifs is 1. The number of nitrogens with zero attached hydrogens (tertiary/aromatic N) is 3. The number of hydrazone groups is 2. The number of hydrogen-bond donors (Lipinski definition) is 4. The number of rotatable bonds is 10. The van der Waals surface area contributed by atoms with Crippen molar-refractivity contribution in [2.75, 3.05) is 7.11 Å². The van der Waals surface area contributed by atoms with Gasteiger partial charge in [0.15, 0.2) is 11.2 Å². The van der Waals surface area contributed by atoms with Gasteiger partial charge < -0.3 is 19.2 Å². The maximum absolute atomic E-state index is 12.6. The normalized spacial score (nSPS) is 10.9. The third kappa shape index (κ3) is 8.25. The van der Waals surface area contributed by atoms with Crippen molar-refractivity contribution in [3.05, 3.63) is 99.2 Å². The first kappa shape index (κ1) is 31.4. The van der Waals surface area contributed by atoms with Gasteiger partial charge in [-0.3, -0.25) is 19.4 Å².